The summed E-state index contributed by atoms with van der Waals surface area (Å²) in [5.41, 5.74) is 2.90. The van der Waals surface area contributed by atoms with Gasteiger partial charge >= 0.3 is 0 Å². The maximum atomic E-state index is 11.1. The largest absolute Gasteiger partial charge is 0.385 e. The van der Waals surface area contributed by atoms with Crippen LogP contribution in [0.3, 0.4) is 0 Å². The summed E-state index contributed by atoms with van der Waals surface area (Å²) in [6.45, 7) is 9.50. The standard InChI is InChI=1S/C16H25NO/c1-11-6-7-15(12(2)8-11)16(18)9-14(4)17(5)10-13(16)3/h6-8,13-14,18H,9-10H2,1-5H3. The second kappa shape index (κ2) is 4.67. The van der Waals surface area contributed by atoms with Gasteiger partial charge in [0.05, 0.1) is 5.60 Å². The molecule has 1 N–H and O–H groups in total. The first-order valence-corrected chi connectivity index (χ1v) is 6.85. The van der Waals surface area contributed by atoms with E-state index in [-0.39, 0.29) is 5.92 Å². The molecule has 2 nitrogen and oxygen atoms in total. The van der Waals surface area contributed by atoms with Crippen LogP contribution in [0.15, 0.2) is 18.2 Å². The van der Waals surface area contributed by atoms with E-state index in [9.17, 15) is 5.11 Å². The van der Waals surface area contributed by atoms with Gasteiger partial charge in [0.2, 0.25) is 0 Å². The summed E-state index contributed by atoms with van der Waals surface area (Å²) < 4.78 is 0. The number of piperidine rings is 1. The molecule has 3 atom stereocenters. The molecule has 1 fully saturated rings. The molecule has 1 heterocycles. The number of hydrogen-bond donors (Lipinski definition) is 1. The number of rotatable bonds is 1. The molecule has 1 aromatic carbocycles. The van der Waals surface area contributed by atoms with Crippen LogP contribution in [-0.4, -0.2) is 29.6 Å². The van der Waals surface area contributed by atoms with Crippen LogP contribution in [0.5, 0.6) is 0 Å². The fourth-order valence-corrected chi connectivity index (χ4v) is 3.25. The highest BCUT2D eigenvalue weighted by Crippen LogP contribution is 2.40. The molecule has 3 unspecified atom stereocenters. The summed E-state index contributed by atoms with van der Waals surface area (Å²) in [6, 6.07) is 6.81. The molecule has 0 radical (unpaired) electrons. The average molecular weight is 247 g/mol. The molecule has 2 rings (SSSR count). The molecule has 18 heavy (non-hydrogen) atoms. The van der Waals surface area contributed by atoms with E-state index >= 15 is 0 Å². The molecule has 1 saturated heterocycles. The predicted molar refractivity (Wildman–Crippen MR) is 75.7 cm³/mol. The van der Waals surface area contributed by atoms with E-state index in [1.165, 1.54) is 11.1 Å². The van der Waals surface area contributed by atoms with Gasteiger partial charge in [0, 0.05) is 18.5 Å². The summed E-state index contributed by atoms with van der Waals surface area (Å²) >= 11 is 0. The fraction of sp³-hybridized carbons (Fsp3) is 0.625. The normalized spacial score (nSPS) is 33.7. The molecular formula is C16H25NO. The maximum Gasteiger partial charge on any atom is 0.0951 e. The molecule has 0 bridgehead atoms. The van der Waals surface area contributed by atoms with Crippen LogP contribution in [0.2, 0.25) is 0 Å². The number of hydrogen-bond acceptors (Lipinski definition) is 2. The number of likely N-dealkylation sites (tertiary alicyclic amines) is 1. The number of aryl methyl sites for hydroxylation is 2. The smallest absolute Gasteiger partial charge is 0.0951 e. The van der Waals surface area contributed by atoms with Crippen molar-refractivity contribution in [2.45, 2.75) is 45.8 Å². The van der Waals surface area contributed by atoms with Gasteiger partial charge in [-0.3, -0.25) is 0 Å². The zero-order chi connectivity index (χ0) is 13.5. The third-order valence-corrected chi connectivity index (χ3v) is 4.58. The predicted octanol–water partition coefficient (Wildman–Crippen LogP) is 2.85. The van der Waals surface area contributed by atoms with E-state index in [0.717, 1.165) is 18.5 Å². The zero-order valence-electron chi connectivity index (χ0n) is 12.2. The van der Waals surface area contributed by atoms with Crippen LogP contribution >= 0.6 is 0 Å². The van der Waals surface area contributed by atoms with Crippen LogP contribution in [0.1, 0.15) is 37.0 Å². The lowest BCUT2D eigenvalue weighted by Gasteiger charge is -2.46. The minimum Gasteiger partial charge on any atom is -0.385 e. The Hall–Kier alpha value is -0.860. The lowest BCUT2D eigenvalue weighted by atomic mass is 9.73. The summed E-state index contributed by atoms with van der Waals surface area (Å²) in [5, 5.41) is 11.1. The molecule has 1 aromatic rings. The van der Waals surface area contributed by atoms with Gasteiger partial charge in [-0.2, -0.15) is 0 Å². The van der Waals surface area contributed by atoms with Crippen LogP contribution in [0.25, 0.3) is 0 Å². The van der Waals surface area contributed by atoms with Gasteiger partial charge in [0.15, 0.2) is 0 Å². The zero-order valence-corrected chi connectivity index (χ0v) is 12.2. The molecule has 1 aliphatic rings. The highest BCUT2D eigenvalue weighted by atomic mass is 16.3. The third-order valence-electron chi connectivity index (χ3n) is 4.58. The lowest BCUT2D eigenvalue weighted by Crippen LogP contribution is -2.51. The SMILES string of the molecule is Cc1ccc(C2(O)CC(C)N(C)CC2C)c(C)c1. The van der Waals surface area contributed by atoms with Crippen molar-refractivity contribution in [3.05, 3.63) is 34.9 Å². The molecule has 100 valence electrons. The summed E-state index contributed by atoms with van der Waals surface area (Å²) in [6.07, 6.45) is 0.814. The number of nitrogens with zero attached hydrogens (tertiary/aromatic N) is 1. The van der Waals surface area contributed by atoms with Gasteiger partial charge in [0.25, 0.3) is 0 Å². The molecule has 0 saturated carbocycles. The van der Waals surface area contributed by atoms with Crippen molar-refractivity contribution in [3.63, 3.8) is 0 Å². The van der Waals surface area contributed by atoms with Crippen molar-refractivity contribution >= 4 is 0 Å². The first-order valence-electron chi connectivity index (χ1n) is 6.85. The Morgan fingerprint density at radius 1 is 1.28 bits per heavy atom. The molecule has 0 aliphatic carbocycles. The average Bonchev–Trinajstić information content (AvgIpc) is 2.26. The first-order chi connectivity index (χ1) is 8.34. The Bertz CT molecular complexity index is 443. The lowest BCUT2D eigenvalue weighted by molar-refractivity contribution is -0.0847. The van der Waals surface area contributed by atoms with Gasteiger partial charge in [0.1, 0.15) is 0 Å². The van der Waals surface area contributed by atoms with Crippen LogP contribution in [0.4, 0.5) is 0 Å². The van der Waals surface area contributed by atoms with Crippen LogP contribution in [0, 0.1) is 19.8 Å². The van der Waals surface area contributed by atoms with E-state index in [0.29, 0.717) is 6.04 Å². The molecule has 0 amide bonds. The highest BCUT2D eigenvalue weighted by molar-refractivity contribution is 5.36. The van der Waals surface area contributed by atoms with Crippen molar-refractivity contribution < 1.29 is 5.11 Å². The van der Waals surface area contributed by atoms with Crippen molar-refractivity contribution in [2.24, 2.45) is 5.92 Å². The van der Waals surface area contributed by atoms with Crippen LogP contribution in [-0.2, 0) is 5.60 Å². The van der Waals surface area contributed by atoms with Crippen molar-refractivity contribution in [1.29, 1.82) is 0 Å². The molecule has 0 aromatic heterocycles. The van der Waals surface area contributed by atoms with Crippen molar-refractivity contribution in [2.75, 3.05) is 13.6 Å². The van der Waals surface area contributed by atoms with E-state index in [2.05, 4.69) is 57.8 Å². The van der Waals surface area contributed by atoms with Gasteiger partial charge in [-0.1, -0.05) is 30.7 Å². The third kappa shape index (κ3) is 2.19. The molecule has 0 spiro atoms. The Balaban J connectivity index is 2.40. The highest BCUT2D eigenvalue weighted by Gasteiger charge is 2.42. The topological polar surface area (TPSA) is 23.5 Å². The number of aliphatic hydroxyl groups is 1. The van der Waals surface area contributed by atoms with Gasteiger partial charge in [-0.15, -0.1) is 0 Å². The quantitative estimate of drug-likeness (QED) is 0.825. The van der Waals surface area contributed by atoms with Crippen LogP contribution < -0.4 is 0 Å². The second-order valence-corrected chi connectivity index (χ2v) is 6.14. The summed E-state index contributed by atoms with van der Waals surface area (Å²) in [7, 11) is 2.14. The summed E-state index contributed by atoms with van der Waals surface area (Å²) in [4.78, 5) is 2.34. The van der Waals surface area contributed by atoms with Gasteiger partial charge in [-0.25, -0.2) is 0 Å². The monoisotopic (exact) mass is 247 g/mol. The van der Waals surface area contributed by atoms with Gasteiger partial charge in [-0.05, 0) is 45.4 Å². The van der Waals surface area contributed by atoms with Crippen molar-refractivity contribution in [1.82, 2.24) is 4.90 Å². The molecule has 1 aliphatic heterocycles. The minimum atomic E-state index is -0.677. The van der Waals surface area contributed by atoms with Gasteiger partial charge < -0.3 is 10.0 Å². The fourth-order valence-electron chi connectivity index (χ4n) is 3.25. The number of benzene rings is 1. The Morgan fingerprint density at radius 3 is 2.56 bits per heavy atom. The molecular weight excluding hydrogens is 222 g/mol. The van der Waals surface area contributed by atoms with E-state index < -0.39 is 5.60 Å². The van der Waals surface area contributed by atoms with E-state index in [1.807, 2.05) is 0 Å². The van der Waals surface area contributed by atoms with E-state index in [4.69, 9.17) is 0 Å². The first kappa shape index (κ1) is 13.6. The minimum absolute atomic E-state index is 0.264. The molecule has 2 heteroatoms. The van der Waals surface area contributed by atoms with Crippen molar-refractivity contribution in [3.8, 4) is 0 Å². The maximum absolute atomic E-state index is 11.1. The van der Waals surface area contributed by atoms with E-state index in [1.54, 1.807) is 0 Å². The summed E-state index contributed by atoms with van der Waals surface area (Å²) in [5.74, 6) is 0.264. The Labute approximate surface area is 111 Å². The Kier molecular flexibility index (Phi) is 3.52. The Morgan fingerprint density at radius 2 is 1.94 bits per heavy atom. The second-order valence-electron chi connectivity index (χ2n) is 6.14.